The van der Waals surface area contributed by atoms with Crippen LogP contribution in [-0.4, -0.2) is 15.5 Å². The van der Waals surface area contributed by atoms with Crippen LogP contribution in [-0.2, 0) is 0 Å². The van der Waals surface area contributed by atoms with Gasteiger partial charge in [0.2, 0.25) is 5.95 Å². The maximum Gasteiger partial charge on any atom is 0.261 e. The second-order valence-corrected chi connectivity index (χ2v) is 7.16. The lowest BCUT2D eigenvalue weighted by molar-refractivity contribution is 0.102. The molecule has 0 radical (unpaired) electrons. The predicted molar refractivity (Wildman–Crippen MR) is 95.9 cm³/mol. The third-order valence-corrected chi connectivity index (χ3v) is 5.40. The molecule has 5 nitrogen and oxygen atoms in total. The zero-order valence-electron chi connectivity index (χ0n) is 14.1. The summed E-state index contributed by atoms with van der Waals surface area (Å²) in [5, 5.41) is 3.06. The normalized spacial score (nSPS) is 18.1. The number of nitrogens with one attached hydrogen (secondary N) is 1. The zero-order chi connectivity index (χ0) is 16.8. The number of furan rings is 1. The van der Waals surface area contributed by atoms with E-state index in [-0.39, 0.29) is 5.91 Å². The first-order valence-corrected chi connectivity index (χ1v) is 9.17. The van der Waals surface area contributed by atoms with E-state index in [4.69, 9.17) is 9.40 Å². The summed E-state index contributed by atoms with van der Waals surface area (Å²) in [6, 6.07) is 10.3. The molecule has 2 aliphatic carbocycles. The van der Waals surface area contributed by atoms with Crippen molar-refractivity contribution in [2.24, 2.45) is 0 Å². The zero-order valence-corrected chi connectivity index (χ0v) is 14.1. The molecule has 1 N–H and O–H groups in total. The maximum absolute atomic E-state index is 12.8. The highest BCUT2D eigenvalue weighted by Gasteiger charge is 2.32. The number of amides is 1. The molecule has 0 saturated heterocycles. The number of hydrogen-bond donors (Lipinski definition) is 1. The summed E-state index contributed by atoms with van der Waals surface area (Å²) in [5.41, 5.74) is 2.67. The molecule has 128 valence electrons. The minimum Gasteiger partial charge on any atom is -0.468 e. The van der Waals surface area contributed by atoms with Crippen molar-refractivity contribution in [3.05, 3.63) is 47.9 Å². The summed E-state index contributed by atoms with van der Waals surface area (Å²) in [4.78, 5) is 17.5. The average molecular weight is 335 g/mol. The Morgan fingerprint density at radius 2 is 1.92 bits per heavy atom. The maximum atomic E-state index is 12.8. The number of benzene rings is 1. The molecule has 0 unspecified atom stereocenters. The van der Waals surface area contributed by atoms with Crippen molar-refractivity contribution in [3.63, 3.8) is 0 Å². The van der Waals surface area contributed by atoms with Gasteiger partial charge < -0.3 is 8.98 Å². The van der Waals surface area contributed by atoms with E-state index in [2.05, 4.69) is 16.0 Å². The summed E-state index contributed by atoms with van der Waals surface area (Å²) in [5.74, 6) is 1.76. The molecule has 2 aromatic heterocycles. The van der Waals surface area contributed by atoms with E-state index in [0.29, 0.717) is 23.5 Å². The Hall–Kier alpha value is -2.56. The van der Waals surface area contributed by atoms with Crippen LogP contribution >= 0.6 is 0 Å². The van der Waals surface area contributed by atoms with E-state index in [9.17, 15) is 4.79 Å². The number of aromatic nitrogens is 2. The molecule has 2 heterocycles. The van der Waals surface area contributed by atoms with Crippen LogP contribution < -0.4 is 5.32 Å². The van der Waals surface area contributed by atoms with Crippen LogP contribution in [0.5, 0.6) is 0 Å². The first-order chi connectivity index (χ1) is 12.3. The molecular weight excluding hydrogens is 314 g/mol. The molecule has 0 bridgehead atoms. The lowest BCUT2D eigenvalue weighted by Crippen LogP contribution is -2.18. The Labute approximate surface area is 146 Å². The molecule has 2 saturated carbocycles. The third-order valence-electron chi connectivity index (χ3n) is 5.40. The number of fused-ring (bicyclic) bond motifs is 1. The van der Waals surface area contributed by atoms with Crippen molar-refractivity contribution in [2.75, 3.05) is 5.32 Å². The van der Waals surface area contributed by atoms with Gasteiger partial charge in [-0.15, -0.1) is 0 Å². The van der Waals surface area contributed by atoms with Crippen LogP contribution in [0, 0.1) is 0 Å². The number of hydrogen-bond acceptors (Lipinski definition) is 3. The molecule has 0 spiro atoms. The lowest BCUT2D eigenvalue weighted by atomic mass is 10.2. The van der Waals surface area contributed by atoms with Crippen molar-refractivity contribution in [1.29, 1.82) is 0 Å². The molecule has 3 aromatic rings. The summed E-state index contributed by atoms with van der Waals surface area (Å²) < 4.78 is 7.77. The summed E-state index contributed by atoms with van der Waals surface area (Å²) in [6.07, 6.45) is 8.58. The fourth-order valence-corrected chi connectivity index (χ4v) is 4.00. The largest absolute Gasteiger partial charge is 0.468 e. The van der Waals surface area contributed by atoms with Gasteiger partial charge in [0.15, 0.2) is 0 Å². The van der Waals surface area contributed by atoms with E-state index in [1.165, 1.54) is 12.8 Å². The molecule has 1 amide bonds. The quantitative estimate of drug-likeness (QED) is 0.739. The lowest BCUT2D eigenvalue weighted by Gasteiger charge is -2.16. The molecule has 0 atom stereocenters. The minimum absolute atomic E-state index is 0.120. The van der Waals surface area contributed by atoms with Gasteiger partial charge in [-0.1, -0.05) is 25.0 Å². The Balaban J connectivity index is 1.52. The Bertz CT molecular complexity index is 929. The van der Waals surface area contributed by atoms with Crippen molar-refractivity contribution < 1.29 is 9.21 Å². The van der Waals surface area contributed by atoms with Gasteiger partial charge in [0, 0.05) is 12.0 Å². The van der Waals surface area contributed by atoms with E-state index in [1.807, 2.05) is 18.2 Å². The van der Waals surface area contributed by atoms with E-state index < -0.39 is 0 Å². The molecule has 2 aliphatic rings. The molecule has 5 heteroatoms. The highest BCUT2D eigenvalue weighted by Crippen LogP contribution is 2.42. The van der Waals surface area contributed by atoms with Crippen LogP contribution in [0.2, 0.25) is 0 Å². The Kier molecular flexibility index (Phi) is 3.40. The van der Waals surface area contributed by atoms with Gasteiger partial charge >= 0.3 is 0 Å². The topological polar surface area (TPSA) is 60.1 Å². The molecule has 25 heavy (non-hydrogen) atoms. The summed E-state index contributed by atoms with van der Waals surface area (Å²) in [7, 11) is 0. The van der Waals surface area contributed by atoms with E-state index in [1.54, 1.807) is 12.3 Å². The fraction of sp³-hybridized carbons (Fsp3) is 0.400. The SMILES string of the molecule is O=C(Nc1nc2ccccc2n1C1CCCC1)c1ccoc1C1CC1. The number of carbonyl (C=O) groups excluding carboxylic acids is 1. The highest BCUT2D eigenvalue weighted by atomic mass is 16.3. The molecule has 2 fully saturated rings. The monoisotopic (exact) mass is 335 g/mol. The number of para-hydroxylation sites is 2. The van der Waals surface area contributed by atoms with Crippen LogP contribution in [0.1, 0.15) is 66.6 Å². The van der Waals surface area contributed by atoms with Crippen molar-refractivity contribution in [2.45, 2.75) is 50.5 Å². The molecule has 0 aliphatic heterocycles. The van der Waals surface area contributed by atoms with Gasteiger partial charge in [0.05, 0.1) is 22.9 Å². The number of nitrogens with zero attached hydrogens (tertiary/aromatic N) is 2. The van der Waals surface area contributed by atoms with Gasteiger partial charge in [-0.25, -0.2) is 4.98 Å². The second kappa shape index (κ2) is 5.76. The average Bonchev–Trinajstić information content (AvgIpc) is 3.04. The smallest absolute Gasteiger partial charge is 0.261 e. The van der Waals surface area contributed by atoms with Crippen molar-refractivity contribution >= 4 is 22.9 Å². The van der Waals surface area contributed by atoms with Gasteiger partial charge in [0.25, 0.3) is 5.91 Å². The van der Waals surface area contributed by atoms with Gasteiger partial charge in [-0.3, -0.25) is 10.1 Å². The van der Waals surface area contributed by atoms with Crippen molar-refractivity contribution in [1.82, 2.24) is 9.55 Å². The van der Waals surface area contributed by atoms with Crippen molar-refractivity contribution in [3.8, 4) is 0 Å². The minimum atomic E-state index is -0.120. The number of anilines is 1. The standard InChI is InChI=1S/C20H21N3O2/c24-19(15-11-12-25-18(15)13-9-10-13)22-20-21-16-7-3-4-8-17(16)23(20)14-5-1-2-6-14/h3-4,7-8,11-14H,1-2,5-6,9-10H2,(H,21,22,24). The third kappa shape index (κ3) is 2.54. The van der Waals surface area contributed by atoms with Gasteiger partial charge in [-0.2, -0.15) is 0 Å². The fourth-order valence-electron chi connectivity index (χ4n) is 4.00. The second-order valence-electron chi connectivity index (χ2n) is 7.16. The Morgan fingerprint density at radius 1 is 1.12 bits per heavy atom. The molecule has 1 aromatic carbocycles. The number of rotatable bonds is 4. The summed E-state index contributed by atoms with van der Waals surface area (Å²) in [6.45, 7) is 0. The predicted octanol–water partition coefficient (Wildman–Crippen LogP) is 4.87. The number of carbonyl (C=O) groups is 1. The van der Waals surface area contributed by atoms with Crippen LogP contribution in [0.4, 0.5) is 5.95 Å². The molecular formula is C20H21N3O2. The molecule has 5 rings (SSSR count). The van der Waals surface area contributed by atoms with Gasteiger partial charge in [0.1, 0.15) is 5.76 Å². The number of imidazole rings is 1. The van der Waals surface area contributed by atoms with Crippen LogP contribution in [0.15, 0.2) is 41.0 Å². The van der Waals surface area contributed by atoms with Crippen LogP contribution in [0.25, 0.3) is 11.0 Å². The van der Waals surface area contributed by atoms with E-state index >= 15 is 0 Å². The van der Waals surface area contributed by atoms with Gasteiger partial charge in [-0.05, 0) is 43.9 Å². The summed E-state index contributed by atoms with van der Waals surface area (Å²) >= 11 is 0. The first-order valence-electron chi connectivity index (χ1n) is 9.17. The van der Waals surface area contributed by atoms with E-state index in [0.717, 1.165) is 42.5 Å². The Morgan fingerprint density at radius 3 is 2.72 bits per heavy atom. The highest BCUT2D eigenvalue weighted by molar-refractivity contribution is 6.05. The first kappa shape index (κ1) is 14.8. The van der Waals surface area contributed by atoms with Crippen LogP contribution in [0.3, 0.4) is 0 Å².